The number of hydrogen-bond acceptors (Lipinski definition) is 8. The summed E-state index contributed by atoms with van der Waals surface area (Å²) in [7, 11) is 4.60. The van der Waals surface area contributed by atoms with Gasteiger partial charge in [0.2, 0.25) is 5.75 Å². The van der Waals surface area contributed by atoms with E-state index in [1.165, 1.54) is 19.8 Å². The molecule has 0 N–H and O–H groups in total. The lowest BCUT2D eigenvalue weighted by Crippen LogP contribution is -2.48. The summed E-state index contributed by atoms with van der Waals surface area (Å²) in [6.07, 6.45) is 1.58. The Bertz CT molecular complexity index is 1310. The molecule has 10 heteroatoms. The zero-order chi connectivity index (χ0) is 28.1. The second-order valence-corrected chi connectivity index (χ2v) is 11.0. The molecule has 2 aromatic carbocycles. The van der Waals surface area contributed by atoms with Crippen LogP contribution in [0.4, 0.5) is 0 Å². The van der Waals surface area contributed by atoms with Crippen LogP contribution in [0.3, 0.4) is 0 Å². The van der Waals surface area contributed by atoms with Crippen LogP contribution >= 0.6 is 11.3 Å². The molecule has 2 amide bonds. The van der Waals surface area contributed by atoms with Gasteiger partial charge in [0, 0.05) is 57.1 Å². The third-order valence-corrected chi connectivity index (χ3v) is 8.72. The van der Waals surface area contributed by atoms with Gasteiger partial charge in [-0.1, -0.05) is 30.3 Å². The maximum atomic E-state index is 13.4. The lowest BCUT2D eigenvalue weighted by atomic mass is 9.96. The number of amides is 2. The molecule has 212 valence electrons. The number of likely N-dealkylation sites (tertiary alicyclic amines) is 1. The van der Waals surface area contributed by atoms with Gasteiger partial charge in [0.1, 0.15) is 5.69 Å². The monoisotopic (exact) mass is 564 g/mol. The maximum absolute atomic E-state index is 13.4. The average molecular weight is 565 g/mol. The highest BCUT2D eigenvalue weighted by Gasteiger charge is 2.31. The summed E-state index contributed by atoms with van der Waals surface area (Å²) in [6, 6.07) is 13.9. The number of benzene rings is 2. The predicted molar refractivity (Wildman–Crippen MR) is 154 cm³/mol. The Morgan fingerprint density at radius 2 is 1.50 bits per heavy atom. The van der Waals surface area contributed by atoms with Gasteiger partial charge in [-0.3, -0.25) is 14.5 Å². The van der Waals surface area contributed by atoms with Crippen LogP contribution in [0.25, 0.3) is 0 Å². The van der Waals surface area contributed by atoms with Gasteiger partial charge < -0.3 is 24.0 Å². The van der Waals surface area contributed by atoms with Gasteiger partial charge in [-0.2, -0.15) is 0 Å². The van der Waals surface area contributed by atoms with Crippen molar-refractivity contribution < 1.29 is 23.8 Å². The smallest absolute Gasteiger partial charge is 0.273 e. The van der Waals surface area contributed by atoms with E-state index in [1.807, 2.05) is 21.2 Å². The van der Waals surface area contributed by atoms with Gasteiger partial charge in [-0.15, -0.1) is 11.3 Å². The lowest BCUT2D eigenvalue weighted by molar-refractivity contribution is 0.0623. The molecule has 0 saturated carbocycles. The fourth-order valence-corrected chi connectivity index (χ4v) is 6.42. The summed E-state index contributed by atoms with van der Waals surface area (Å²) < 4.78 is 16.3. The van der Waals surface area contributed by atoms with E-state index < -0.39 is 0 Å². The number of nitrogens with zero attached hydrogens (tertiary/aromatic N) is 4. The highest BCUT2D eigenvalue weighted by atomic mass is 32.1. The van der Waals surface area contributed by atoms with Gasteiger partial charge in [0.15, 0.2) is 11.5 Å². The van der Waals surface area contributed by atoms with Gasteiger partial charge in [0.25, 0.3) is 11.8 Å². The summed E-state index contributed by atoms with van der Waals surface area (Å²) >= 11 is 1.55. The molecule has 0 bridgehead atoms. The molecule has 0 unspecified atom stereocenters. The molecule has 0 spiro atoms. The molecule has 3 heterocycles. The van der Waals surface area contributed by atoms with E-state index in [1.54, 1.807) is 30.6 Å². The van der Waals surface area contributed by atoms with Crippen molar-refractivity contribution in [1.82, 2.24) is 19.7 Å². The first-order chi connectivity index (χ1) is 19.5. The van der Waals surface area contributed by atoms with E-state index in [9.17, 15) is 9.59 Å². The average Bonchev–Trinajstić information content (AvgIpc) is 3.51. The molecule has 2 aliphatic heterocycles. The first-order valence-corrected chi connectivity index (χ1v) is 14.5. The zero-order valence-corrected chi connectivity index (χ0v) is 24.1. The van der Waals surface area contributed by atoms with Crippen molar-refractivity contribution in [3.63, 3.8) is 0 Å². The molecule has 3 aromatic rings. The van der Waals surface area contributed by atoms with Crippen molar-refractivity contribution in [3.8, 4) is 17.2 Å². The fourth-order valence-electron chi connectivity index (χ4n) is 5.46. The number of thiazole rings is 1. The van der Waals surface area contributed by atoms with E-state index in [-0.39, 0.29) is 17.7 Å². The minimum Gasteiger partial charge on any atom is -0.493 e. The summed E-state index contributed by atoms with van der Waals surface area (Å²) in [4.78, 5) is 37.4. The van der Waals surface area contributed by atoms with Crippen molar-refractivity contribution in [2.24, 2.45) is 0 Å². The van der Waals surface area contributed by atoms with Gasteiger partial charge in [0.05, 0.1) is 31.9 Å². The number of piperazine rings is 1. The molecule has 9 nitrogen and oxygen atoms in total. The molecule has 0 aliphatic carbocycles. The number of rotatable bonds is 8. The third-order valence-electron chi connectivity index (χ3n) is 7.72. The minimum atomic E-state index is -0.0994. The molecule has 2 aliphatic rings. The predicted octanol–water partition coefficient (Wildman–Crippen LogP) is 4.15. The molecule has 40 heavy (non-hydrogen) atoms. The second-order valence-electron chi connectivity index (χ2n) is 10.1. The summed E-state index contributed by atoms with van der Waals surface area (Å²) in [5.74, 6) is 1.43. The summed E-state index contributed by atoms with van der Waals surface area (Å²) in [5, 5.41) is 2.86. The number of methoxy groups -OCH3 is 3. The minimum absolute atomic E-state index is 0.00928. The third kappa shape index (κ3) is 5.93. The van der Waals surface area contributed by atoms with E-state index in [0.29, 0.717) is 54.7 Å². The second kappa shape index (κ2) is 12.7. The molecule has 1 aromatic heterocycles. The normalized spacial score (nSPS) is 16.6. The van der Waals surface area contributed by atoms with Crippen LogP contribution in [0, 0.1) is 0 Å². The molecule has 2 saturated heterocycles. The topological polar surface area (TPSA) is 84.4 Å². The molecular weight excluding hydrogens is 528 g/mol. The summed E-state index contributed by atoms with van der Waals surface area (Å²) in [5.41, 5.74) is 2.27. The number of carbonyl (C=O) groups is 2. The van der Waals surface area contributed by atoms with Crippen LogP contribution < -0.4 is 14.2 Å². The van der Waals surface area contributed by atoms with E-state index in [2.05, 4.69) is 29.2 Å². The number of piperidine rings is 1. The highest BCUT2D eigenvalue weighted by molar-refractivity contribution is 7.09. The Hall–Kier alpha value is -3.63. The largest absolute Gasteiger partial charge is 0.493 e. The van der Waals surface area contributed by atoms with Gasteiger partial charge in [-0.25, -0.2) is 4.98 Å². The first kappa shape index (κ1) is 27.9. The number of aromatic nitrogens is 1. The van der Waals surface area contributed by atoms with Crippen LogP contribution in [0.15, 0.2) is 47.8 Å². The number of carbonyl (C=O) groups excluding carboxylic acids is 2. The fraction of sp³-hybridized carbons (Fsp3) is 0.433. The first-order valence-electron chi connectivity index (χ1n) is 13.6. The zero-order valence-electron chi connectivity index (χ0n) is 23.3. The summed E-state index contributed by atoms with van der Waals surface area (Å²) in [6.45, 7) is 5.24. The van der Waals surface area contributed by atoms with Crippen molar-refractivity contribution in [2.45, 2.75) is 25.3 Å². The Labute approximate surface area is 239 Å². The number of hydrogen-bond donors (Lipinski definition) is 0. The Morgan fingerprint density at radius 1 is 0.825 bits per heavy atom. The van der Waals surface area contributed by atoms with Crippen molar-refractivity contribution in [2.75, 3.05) is 60.6 Å². The highest BCUT2D eigenvalue weighted by Crippen LogP contribution is 2.41. The molecule has 2 fully saturated rings. The lowest BCUT2D eigenvalue weighted by Gasteiger charge is -2.34. The van der Waals surface area contributed by atoms with E-state index in [4.69, 9.17) is 19.2 Å². The van der Waals surface area contributed by atoms with Crippen LogP contribution in [0.5, 0.6) is 17.2 Å². The number of ether oxygens (including phenoxy) is 3. The Kier molecular flexibility index (Phi) is 8.86. The van der Waals surface area contributed by atoms with Crippen LogP contribution in [0.1, 0.15) is 50.2 Å². The van der Waals surface area contributed by atoms with E-state index >= 15 is 0 Å². The molecule has 5 rings (SSSR count). The quantitative estimate of drug-likeness (QED) is 0.407. The standard InChI is InChI=1S/C30H36N4O5S/c1-37-25-10-9-23(26(38-2)27(25)39-3)29(35)33-13-11-22(12-14-33)28-31-24(20-40-28)30(36)34-17-15-32(16-18-34)19-21-7-5-4-6-8-21/h4-10,20,22H,11-19H2,1-3H3. The van der Waals surface area contributed by atoms with Gasteiger partial charge >= 0.3 is 0 Å². The van der Waals surface area contributed by atoms with Crippen LogP contribution in [-0.4, -0.2) is 92.1 Å². The molecule has 0 atom stereocenters. The van der Waals surface area contributed by atoms with Crippen molar-refractivity contribution in [1.29, 1.82) is 0 Å². The van der Waals surface area contributed by atoms with E-state index in [0.717, 1.165) is 37.5 Å². The van der Waals surface area contributed by atoms with Crippen LogP contribution in [-0.2, 0) is 6.54 Å². The Balaban J connectivity index is 1.15. The van der Waals surface area contributed by atoms with Crippen molar-refractivity contribution in [3.05, 3.63) is 69.7 Å². The maximum Gasteiger partial charge on any atom is 0.273 e. The van der Waals surface area contributed by atoms with Crippen LogP contribution in [0.2, 0.25) is 0 Å². The Morgan fingerprint density at radius 3 is 2.15 bits per heavy atom. The molecule has 0 radical (unpaired) electrons. The SMILES string of the molecule is COc1ccc(C(=O)N2CCC(c3nc(C(=O)N4CCN(Cc5ccccc5)CC4)cs3)CC2)c(OC)c1OC. The van der Waals surface area contributed by atoms with Gasteiger partial charge in [-0.05, 0) is 30.5 Å². The van der Waals surface area contributed by atoms with Crippen molar-refractivity contribution >= 4 is 23.2 Å². The molecular formula is C30H36N4O5S.